The number of hydrogen-bond acceptors (Lipinski definition) is 3. The Morgan fingerprint density at radius 1 is 0.913 bits per heavy atom. The molecule has 0 spiro atoms. The minimum absolute atomic E-state index is 0.244. The van der Waals surface area contributed by atoms with E-state index in [1.165, 1.54) is 12.1 Å². The van der Waals surface area contributed by atoms with Gasteiger partial charge >= 0.3 is 0 Å². The highest BCUT2D eigenvalue weighted by Crippen LogP contribution is 2.18. The third-order valence-corrected chi connectivity index (χ3v) is 4.11. The van der Waals surface area contributed by atoms with Crippen LogP contribution in [0.25, 0.3) is 0 Å². The summed E-state index contributed by atoms with van der Waals surface area (Å²) >= 11 is 0. The van der Waals surface area contributed by atoms with Crippen LogP contribution < -0.4 is 5.32 Å². The van der Waals surface area contributed by atoms with E-state index in [1.54, 1.807) is 12.1 Å². The van der Waals surface area contributed by atoms with Crippen LogP contribution in [0.15, 0.2) is 48.5 Å². The van der Waals surface area contributed by atoms with Crippen LogP contribution in [0.3, 0.4) is 0 Å². The molecule has 3 rings (SSSR count). The average molecular weight is 312 g/mol. The fraction of sp³-hybridized carbons (Fsp3) is 0.278. The van der Waals surface area contributed by atoms with Gasteiger partial charge in [-0.15, -0.1) is 0 Å². The molecule has 23 heavy (non-hydrogen) atoms. The van der Waals surface area contributed by atoms with Crippen LogP contribution in [-0.2, 0) is 0 Å². The van der Waals surface area contributed by atoms with Crippen molar-refractivity contribution < 1.29 is 4.39 Å². The molecule has 0 amide bonds. The Morgan fingerprint density at radius 2 is 1.43 bits per heavy atom. The summed E-state index contributed by atoms with van der Waals surface area (Å²) in [5.74, 6) is 0.331. The number of nitrogens with one attached hydrogen (secondary N) is 2. The van der Waals surface area contributed by atoms with E-state index in [1.807, 2.05) is 24.3 Å². The van der Waals surface area contributed by atoms with Gasteiger partial charge in [-0.2, -0.15) is 0 Å². The summed E-state index contributed by atoms with van der Waals surface area (Å²) in [6, 6.07) is 14.1. The molecule has 1 aliphatic heterocycles. The zero-order valence-corrected chi connectivity index (χ0v) is 13.2. The Morgan fingerprint density at radius 3 is 2.00 bits per heavy atom. The molecule has 0 saturated carbocycles. The molecule has 5 heteroatoms. The summed E-state index contributed by atoms with van der Waals surface area (Å²) in [4.78, 5) is 4.39. The zero-order chi connectivity index (χ0) is 16.2. The van der Waals surface area contributed by atoms with Gasteiger partial charge in [0, 0.05) is 43.1 Å². The van der Waals surface area contributed by atoms with E-state index in [0.717, 1.165) is 43.1 Å². The molecule has 1 heterocycles. The molecular formula is C18H21FN4. The SMILES string of the molecule is CN1CCN(C(=N)c2ccc(Nc3ccc(F)cc3)cc2)CC1. The zero-order valence-electron chi connectivity index (χ0n) is 13.2. The fourth-order valence-corrected chi connectivity index (χ4v) is 2.62. The van der Waals surface area contributed by atoms with E-state index in [0.29, 0.717) is 5.84 Å². The first-order valence-electron chi connectivity index (χ1n) is 7.77. The third kappa shape index (κ3) is 3.87. The number of halogens is 1. The predicted molar refractivity (Wildman–Crippen MR) is 92.0 cm³/mol. The highest BCUT2D eigenvalue weighted by atomic mass is 19.1. The Labute approximate surface area is 136 Å². The number of benzene rings is 2. The highest BCUT2D eigenvalue weighted by Gasteiger charge is 2.17. The van der Waals surface area contributed by atoms with Crippen molar-refractivity contribution >= 4 is 17.2 Å². The van der Waals surface area contributed by atoms with E-state index in [-0.39, 0.29) is 5.82 Å². The van der Waals surface area contributed by atoms with E-state index in [2.05, 4.69) is 22.2 Å². The summed E-state index contributed by atoms with van der Waals surface area (Å²) in [6.07, 6.45) is 0. The van der Waals surface area contributed by atoms with Crippen molar-refractivity contribution in [2.75, 3.05) is 38.5 Å². The first-order valence-corrected chi connectivity index (χ1v) is 7.77. The summed E-state index contributed by atoms with van der Waals surface area (Å²) < 4.78 is 12.9. The molecule has 2 aromatic rings. The van der Waals surface area contributed by atoms with Gasteiger partial charge < -0.3 is 15.1 Å². The quantitative estimate of drug-likeness (QED) is 0.676. The van der Waals surface area contributed by atoms with E-state index < -0.39 is 0 Å². The number of amidine groups is 1. The smallest absolute Gasteiger partial charge is 0.128 e. The van der Waals surface area contributed by atoms with Gasteiger partial charge in [-0.3, -0.25) is 5.41 Å². The van der Waals surface area contributed by atoms with Gasteiger partial charge in [0.2, 0.25) is 0 Å². The molecule has 0 aliphatic carbocycles. The van der Waals surface area contributed by atoms with E-state index >= 15 is 0 Å². The van der Waals surface area contributed by atoms with Crippen molar-refractivity contribution in [1.82, 2.24) is 9.80 Å². The van der Waals surface area contributed by atoms with Gasteiger partial charge in [0.05, 0.1) is 0 Å². The highest BCUT2D eigenvalue weighted by molar-refractivity contribution is 5.96. The molecule has 0 aromatic heterocycles. The van der Waals surface area contributed by atoms with Crippen molar-refractivity contribution in [3.05, 3.63) is 59.9 Å². The molecule has 1 aliphatic rings. The lowest BCUT2D eigenvalue weighted by molar-refractivity contribution is 0.215. The average Bonchev–Trinajstić information content (AvgIpc) is 2.58. The Balaban J connectivity index is 1.64. The number of rotatable bonds is 3. The number of piperazine rings is 1. The van der Waals surface area contributed by atoms with Gasteiger partial charge in [-0.25, -0.2) is 4.39 Å². The normalized spacial score (nSPS) is 15.5. The standard InChI is InChI=1S/C18H21FN4/c1-22-10-12-23(13-11-22)18(20)14-2-6-16(7-3-14)21-17-8-4-15(19)5-9-17/h2-9,20-21H,10-13H2,1H3. The topological polar surface area (TPSA) is 42.4 Å². The minimum Gasteiger partial charge on any atom is -0.356 e. The van der Waals surface area contributed by atoms with Crippen molar-refractivity contribution in [2.24, 2.45) is 0 Å². The predicted octanol–water partition coefficient (Wildman–Crippen LogP) is 3.14. The lowest BCUT2D eigenvalue weighted by atomic mass is 10.1. The monoisotopic (exact) mass is 312 g/mol. The van der Waals surface area contributed by atoms with E-state index in [9.17, 15) is 4.39 Å². The molecule has 120 valence electrons. The largest absolute Gasteiger partial charge is 0.356 e. The molecular weight excluding hydrogens is 291 g/mol. The second kappa shape index (κ2) is 6.79. The summed E-state index contributed by atoms with van der Waals surface area (Å²) in [5, 5.41) is 11.6. The second-order valence-corrected chi connectivity index (χ2v) is 5.85. The van der Waals surface area contributed by atoms with Crippen LogP contribution in [0.5, 0.6) is 0 Å². The first kappa shape index (κ1) is 15.5. The van der Waals surface area contributed by atoms with Crippen LogP contribution in [0.2, 0.25) is 0 Å². The van der Waals surface area contributed by atoms with Crippen molar-refractivity contribution in [2.45, 2.75) is 0 Å². The molecule has 0 radical (unpaired) electrons. The number of hydrogen-bond donors (Lipinski definition) is 2. The number of anilines is 2. The van der Waals surface area contributed by atoms with E-state index in [4.69, 9.17) is 5.41 Å². The Bertz CT molecular complexity index is 658. The van der Waals surface area contributed by atoms with Gasteiger partial charge in [0.1, 0.15) is 11.7 Å². The summed E-state index contributed by atoms with van der Waals surface area (Å²) in [5.41, 5.74) is 2.68. The summed E-state index contributed by atoms with van der Waals surface area (Å²) in [6.45, 7) is 3.77. The Kier molecular flexibility index (Phi) is 4.57. The maximum absolute atomic E-state index is 12.9. The molecule has 0 bridgehead atoms. The van der Waals surface area contributed by atoms with Crippen LogP contribution >= 0.6 is 0 Å². The van der Waals surface area contributed by atoms with Crippen molar-refractivity contribution in [1.29, 1.82) is 5.41 Å². The third-order valence-electron chi connectivity index (χ3n) is 4.11. The van der Waals surface area contributed by atoms with Crippen LogP contribution in [0, 0.1) is 11.2 Å². The molecule has 1 saturated heterocycles. The van der Waals surface area contributed by atoms with Gasteiger partial charge in [0.15, 0.2) is 0 Å². The molecule has 1 fully saturated rings. The van der Waals surface area contributed by atoms with Gasteiger partial charge in [-0.1, -0.05) is 0 Å². The fourth-order valence-electron chi connectivity index (χ4n) is 2.62. The second-order valence-electron chi connectivity index (χ2n) is 5.85. The maximum Gasteiger partial charge on any atom is 0.128 e. The van der Waals surface area contributed by atoms with Gasteiger partial charge in [-0.05, 0) is 55.6 Å². The van der Waals surface area contributed by atoms with Crippen LogP contribution in [0.1, 0.15) is 5.56 Å². The lowest BCUT2D eigenvalue weighted by Gasteiger charge is -2.34. The molecule has 0 unspecified atom stereocenters. The first-order chi connectivity index (χ1) is 11.1. The molecule has 0 atom stereocenters. The molecule has 2 N–H and O–H groups in total. The Hall–Kier alpha value is -2.40. The summed E-state index contributed by atoms with van der Waals surface area (Å²) in [7, 11) is 2.11. The lowest BCUT2D eigenvalue weighted by Crippen LogP contribution is -2.47. The van der Waals surface area contributed by atoms with Crippen molar-refractivity contribution in [3.63, 3.8) is 0 Å². The van der Waals surface area contributed by atoms with Crippen molar-refractivity contribution in [3.8, 4) is 0 Å². The molecule has 2 aromatic carbocycles. The van der Waals surface area contributed by atoms with Gasteiger partial charge in [0.25, 0.3) is 0 Å². The maximum atomic E-state index is 12.9. The molecule has 4 nitrogen and oxygen atoms in total. The van der Waals surface area contributed by atoms with Crippen LogP contribution in [-0.4, -0.2) is 48.9 Å². The number of nitrogens with zero attached hydrogens (tertiary/aromatic N) is 2. The van der Waals surface area contributed by atoms with Crippen LogP contribution in [0.4, 0.5) is 15.8 Å². The minimum atomic E-state index is -0.244. The number of likely N-dealkylation sites (N-methyl/N-ethyl adjacent to an activating group) is 1.